The quantitative estimate of drug-likeness (QED) is 0.873. The van der Waals surface area contributed by atoms with Crippen molar-refractivity contribution in [3.8, 4) is 0 Å². The molecule has 0 saturated carbocycles. The van der Waals surface area contributed by atoms with Crippen molar-refractivity contribution in [2.45, 2.75) is 56.1 Å². The Kier molecular flexibility index (Phi) is 4.16. The molecule has 0 fully saturated rings. The van der Waals surface area contributed by atoms with Gasteiger partial charge in [0.25, 0.3) is 0 Å². The monoisotopic (exact) mass is 249 g/mol. The molecule has 4 atom stereocenters. The van der Waals surface area contributed by atoms with Crippen molar-refractivity contribution in [1.82, 2.24) is 0 Å². The van der Waals surface area contributed by atoms with Crippen LogP contribution in [-0.2, 0) is 0 Å². The Hall–Kier alpha value is -0.470. The summed E-state index contributed by atoms with van der Waals surface area (Å²) in [5, 5.41) is 1.29. The van der Waals surface area contributed by atoms with Crippen LogP contribution in [0.5, 0.6) is 0 Å². The van der Waals surface area contributed by atoms with Crippen molar-refractivity contribution in [2.24, 2.45) is 5.73 Å². The van der Waals surface area contributed by atoms with Gasteiger partial charge in [0.2, 0.25) is 0 Å². The van der Waals surface area contributed by atoms with Crippen LogP contribution in [0.15, 0.2) is 24.3 Å². The van der Waals surface area contributed by atoms with Gasteiger partial charge in [-0.3, -0.25) is 0 Å². The van der Waals surface area contributed by atoms with E-state index >= 15 is 0 Å². The van der Waals surface area contributed by atoms with Crippen LogP contribution < -0.4 is 5.73 Å². The van der Waals surface area contributed by atoms with Gasteiger partial charge in [0, 0.05) is 16.5 Å². The van der Waals surface area contributed by atoms with E-state index < -0.39 is 0 Å². The highest BCUT2D eigenvalue weighted by molar-refractivity contribution is 8.00. The first kappa shape index (κ1) is 13.0. The van der Waals surface area contributed by atoms with Gasteiger partial charge in [-0.05, 0) is 29.9 Å². The molecule has 0 aromatic heterocycles. The standard InChI is InChI=1S/C15H23NS/c1-4-11(3)17-14-9-10(2)12-7-5-6-8-13(12)15(14)16/h5-8,10-11,14-15H,4,9,16H2,1-3H3. The van der Waals surface area contributed by atoms with Crippen LogP contribution in [-0.4, -0.2) is 10.5 Å². The third kappa shape index (κ3) is 2.69. The fourth-order valence-corrected chi connectivity index (χ4v) is 4.13. The van der Waals surface area contributed by atoms with Crippen LogP contribution in [0.4, 0.5) is 0 Å². The summed E-state index contributed by atoms with van der Waals surface area (Å²) in [7, 11) is 0. The van der Waals surface area contributed by atoms with E-state index in [1.54, 1.807) is 0 Å². The second-order valence-electron chi connectivity index (χ2n) is 5.18. The molecule has 17 heavy (non-hydrogen) atoms. The first-order valence-electron chi connectivity index (χ1n) is 6.63. The maximum atomic E-state index is 6.43. The van der Waals surface area contributed by atoms with Gasteiger partial charge >= 0.3 is 0 Å². The van der Waals surface area contributed by atoms with Crippen LogP contribution in [0.2, 0.25) is 0 Å². The van der Waals surface area contributed by atoms with Gasteiger partial charge in [-0.1, -0.05) is 45.0 Å². The highest BCUT2D eigenvalue weighted by Crippen LogP contribution is 2.42. The lowest BCUT2D eigenvalue weighted by atomic mass is 9.81. The number of fused-ring (bicyclic) bond motifs is 1. The molecule has 1 aliphatic rings. The highest BCUT2D eigenvalue weighted by atomic mass is 32.2. The number of nitrogens with two attached hydrogens (primary N) is 1. The van der Waals surface area contributed by atoms with Gasteiger partial charge < -0.3 is 5.73 Å². The van der Waals surface area contributed by atoms with E-state index in [4.69, 9.17) is 5.73 Å². The smallest absolute Gasteiger partial charge is 0.0418 e. The number of benzene rings is 1. The van der Waals surface area contributed by atoms with E-state index in [0.29, 0.717) is 16.4 Å². The minimum Gasteiger partial charge on any atom is -0.323 e. The van der Waals surface area contributed by atoms with E-state index in [-0.39, 0.29) is 6.04 Å². The number of thioether (sulfide) groups is 1. The molecular formula is C15H23NS. The van der Waals surface area contributed by atoms with Crippen molar-refractivity contribution in [2.75, 3.05) is 0 Å². The zero-order valence-corrected chi connectivity index (χ0v) is 11.8. The molecule has 1 aliphatic carbocycles. The molecule has 0 spiro atoms. The van der Waals surface area contributed by atoms with Crippen LogP contribution >= 0.6 is 11.8 Å². The topological polar surface area (TPSA) is 26.0 Å². The predicted molar refractivity (Wildman–Crippen MR) is 77.5 cm³/mol. The van der Waals surface area contributed by atoms with Crippen molar-refractivity contribution < 1.29 is 0 Å². The molecule has 2 heteroatoms. The van der Waals surface area contributed by atoms with Crippen molar-refractivity contribution in [3.63, 3.8) is 0 Å². The van der Waals surface area contributed by atoms with E-state index in [9.17, 15) is 0 Å². The summed E-state index contributed by atoms with van der Waals surface area (Å²) in [4.78, 5) is 0. The highest BCUT2D eigenvalue weighted by Gasteiger charge is 2.31. The van der Waals surface area contributed by atoms with Crippen LogP contribution in [0.25, 0.3) is 0 Å². The summed E-state index contributed by atoms with van der Waals surface area (Å²) in [5.41, 5.74) is 9.26. The Balaban J connectivity index is 2.20. The molecule has 94 valence electrons. The van der Waals surface area contributed by atoms with Crippen molar-refractivity contribution in [3.05, 3.63) is 35.4 Å². The first-order valence-corrected chi connectivity index (χ1v) is 7.57. The predicted octanol–water partition coefficient (Wildman–Crippen LogP) is 4.09. The molecule has 2 rings (SSSR count). The molecule has 0 amide bonds. The molecule has 2 N–H and O–H groups in total. The normalized spacial score (nSPS) is 29.8. The Bertz CT molecular complexity index is 377. The summed E-state index contributed by atoms with van der Waals surface area (Å²) in [5.74, 6) is 0.646. The van der Waals surface area contributed by atoms with E-state index in [2.05, 4.69) is 56.8 Å². The molecule has 4 unspecified atom stereocenters. The molecule has 1 nitrogen and oxygen atoms in total. The number of hydrogen-bond acceptors (Lipinski definition) is 2. The van der Waals surface area contributed by atoms with Gasteiger partial charge in [-0.25, -0.2) is 0 Å². The lowest BCUT2D eigenvalue weighted by Crippen LogP contribution is -2.32. The largest absolute Gasteiger partial charge is 0.323 e. The second kappa shape index (κ2) is 5.45. The maximum Gasteiger partial charge on any atom is 0.0418 e. The SMILES string of the molecule is CCC(C)SC1CC(C)c2ccccc2C1N. The average molecular weight is 249 g/mol. The molecule has 0 aliphatic heterocycles. The second-order valence-corrected chi connectivity index (χ2v) is 6.87. The minimum atomic E-state index is 0.210. The summed E-state index contributed by atoms with van der Waals surface area (Å²) in [6.45, 7) is 6.89. The van der Waals surface area contributed by atoms with E-state index in [0.717, 1.165) is 0 Å². The lowest BCUT2D eigenvalue weighted by molar-refractivity contribution is 0.526. The fraction of sp³-hybridized carbons (Fsp3) is 0.600. The molecule has 0 radical (unpaired) electrons. The van der Waals surface area contributed by atoms with Gasteiger partial charge in [0.05, 0.1) is 0 Å². The number of rotatable bonds is 3. The van der Waals surface area contributed by atoms with Gasteiger partial charge in [0.15, 0.2) is 0 Å². The Labute approximate surface area is 109 Å². The molecule has 0 heterocycles. The summed E-state index contributed by atoms with van der Waals surface area (Å²) >= 11 is 2.07. The summed E-state index contributed by atoms with van der Waals surface area (Å²) in [6.07, 6.45) is 2.44. The van der Waals surface area contributed by atoms with Gasteiger partial charge in [-0.2, -0.15) is 11.8 Å². The van der Waals surface area contributed by atoms with Crippen LogP contribution in [0.3, 0.4) is 0 Å². The van der Waals surface area contributed by atoms with Crippen LogP contribution in [0, 0.1) is 0 Å². The zero-order chi connectivity index (χ0) is 12.4. The Morgan fingerprint density at radius 1 is 1.35 bits per heavy atom. The van der Waals surface area contributed by atoms with Crippen LogP contribution in [0.1, 0.15) is 56.7 Å². The van der Waals surface area contributed by atoms with Gasteiger partial charge in [-0.15, -0.1) is 0 Å². The average Bonchev–Trinajstić information content (AvgIpc) is 2.35. The van der Waals surface area contributed by atoms with Gasteiger partial charge in [0.1, 0.15) is 0 Å². The maximum absolute atomic E-state index is 6.43. The summed E-state index contributed by atoms with van der Waals surface area (Å²) in [6, 6.07) is 8.90. The van der Waals surface area contributed by atoms with Crippen molar-refractivity contribution >= 4 is 11.8 Å². The summed E-state index contributed by atoms with van der Waals surface area (Å²) < 4.78 is 0. The zero-order valence-electron chi connectivity index (χ0n) is 11.0. The van der Waals surface area contributed by atoms with Crippen molar-refractivity contribution in [1.29, 1.82) is 0 Å². The minimum absolute atomic E-state index is 0.210. The molecule has 1 aromatic rings. The number of hydrogen-bond donors (Lipinski definition) is 1. The molecule has 1 aromatic carbocycles. The Morgan fingerprint density at radius 3 is 2.65 bits per heavy atom. The molecule has 0 saturated heterocycles. The van der Waals surface area contributed by atoms with E-state index in [1.165, 1.54) is 24.0 Å². The van der Waals surface area contributed by atoms with E-state index in [1.807, 2.05) is 0 Å². The third-order valence-corrected chi connectivity index (χ3v) is 5.49. The Morgan fingerprint density at radius 2 is 2.00 bits per heavy atom. The lowest BCUT2D eigenvalue weighted by Gasteiger charge is -2.35. The fourth-order valence-electron chi connectivity index (χ4n) is 2.62. The molecular weight excluding hydrogens is 226 g/mol. The first-order chi connectivity index (χ1) is 8.13. The third-order valence-electron chi connectivity index (χ3n) is 3.85. The molecule has 0 bridgehead atoms.